The molecule has 1 aliphatic heterocycles. The Hall–Kier alpha value is -1.34. The van der Waals surface area contributed by atoms with Crippen molar-refractivity contribution in [3.8, 4) is 5.88 Å². The number of amides is 1. The first-order valence-corrected chi connectivity index (χ1v) is 8.24. The van der Waals surface area contributed by atoms with Crippen molar-refractivity contribution in [1.82, 2.24) is 14.8 Å². The van der Waals surface area contributed by atoms with E-state index in [1.165, 1.54) is 4.90 Å². The third-order valence-corrected chi connectivity index (χ3v) is 4.37. The summed E-state index contributed by atoms with van der Waals surface area (Å²) in [6.07, 6.45) is 1.76. The van der Waals surface area contributed by atoms with Gasteiger partial charge in [-0.05, 0) is 26.3 Å². The molecule has 2 unspecified atom stereocenters. The highest BCUT2D eigenvalue weighted by atomic mass is 79.9. The monoisotopic (exact) mass is 371 g/mol. The van der Waals surface area contributed by atoms with E-state index in [2.05, 4.69) is 39.7 Å². The molecule has 2 atom stereocenters. The molecule has 2 rings (SSSR count). The van der Waals surface area contributed by atoms with Gasteiger partial charge in [-0.25, -0.2) is 9.78 Å². The van der Waals surface area contributed by atoms with Crippen LogP contribution in [0.25, 0.3) is 0 Å². The standard InChI is InChI=1S/C15H22BrN3O3/c1-11-9-18(15(20)21)10-12(2)19(11)6-3-7-22-14-8-13(16)4-5-17-14/h4-5,8,11-12H,3,6-7,9-10H2,1-2H3,(H,20,21). The first kappa shape index (κ1) is 17.0. The molecule has 1 fully saturated rings. The van der Waals surface area contributed by atoms with Crippen LogP contribution < -0.4 is 4.74 Å². The second-order valence-corrected chi connectivity index (χ2v) is 6.55. The Kier molecular flexibility index (Phi) is 6.02. The first-order valence-electron chi connectivity index (χ1n) is 7.45. The predicted molar refractivity (Wildman–Crippen MR) is 87.3 cm³/mol. The summed E-state index contributed by atoms with van der Waals surface area (Å²) in [5.41, 5.74) is 0. The SMILES string of the molecule is CC1CN(C(=O)O)CC(C)N1CCCOc1cc(Br)ccn1. The summed E-state index contributed by atoms with van der Waals surface area (Å²) < 4.78 is 6.58. The van der Waals surface area contributed by atoms with Crippen LogP contribution in [-0.2, 0) is 0 Å². The van der Waals surface area contributed by atoms with Crippen molar-refractivity contribution >= 4 is 22.0 Å². The Balaban J connectivity index is 1.76. The molecular formula is C15H22BrN3O3. The molecule has 1 aromatic heterocycles. The van der Waals surface area contributed by atoms with Crippen LogP contribution >= 0.6 is 15.9 Å². The summed E-state index contributed by atoms with van der Waals surface area (Å²) in [5.74, 6) is 0.617. The van der Waals surface area contributed by atoms with Gasteiger partial charge in [0, 0.05) is 48.5 Å². The van der Waals surface area contributed by atoms with Gasteiger partial charge in [-0.3, -0.25) is 4.90 Å². The number of pyridine rings is 1. The quantitative estimate of drug-likeness (QED) is 0.806. The summed E-state index contributed by atoms with van der Waals surface area (Å²) in [6.45, 7) is 6.76. The van der Waals surface area contributed by atoms with E-state index < -0.39 is 6.09 Å². The van der Waals surface area contributed by atoms with Gasteiger partial charge in [0.25, 0.3) is 0 Å². The average Bonchev–Trinajstić information content (AvgIpc) is 2.45. The number of halogens is 1. The fraction of sp³-hybridized carbons (Fsp3) is 0.600. The number of ether oxygens (including phenoxy) is 1. The van der Waals surface area contributed by atoms with Crippen LogP contribution in [0, 0.1) is 0 Å². The van der Waals surface area contributed by atoms with Gasteiger partial charge in [0.2, 0.25) is 5.88 Å². The molecule has 1 aromatic rings. The number of hydrogen-bond acceptors (Lipinski definition) is 4. The van der Waals surface area contributed by atoms with E-state index in [9.17, 15) is 4.79 Å². The largest absolute Gasteiger partial charge is 0.478 e. The Morgan fingerprint density at radius 3 is 2.73 bits per heavy atom. The predicted octanol–water partition coefficient (Wildman–Crippen LogP) is 2.69. The van der Waals surface area contributed by atoms with E-state index >= 15 is 0 Å². The molecule has 0 radical (unpaired) electrons. The molecule has 122 valence electrons. The number of nitrogens with zero attached hydrogens (tertiary/aromatic N) is 3. The Morgan fingerprint density at radius 2 is 2.14 bits per heavy atom. The number of piperazine rings is 1. The first-order chi connectivity index (χ1) is 10.5. The lowest BCUT2D eigenvalue weighted by molar-refractivity contribution is 0.0371. The van der Waals surface area contributed by atoms with Crippen LogP contribution in [0.4, 0.5) is 4.79 Å². The molecule has 2 heterocycles. The molecule has 0 saturated carbocycles. The fourth-order valence-corrected chi connectivity index (χ4v) is 3.16. The van der Waals surface area contributed by atoms with E-state index in [1.807, 2.05) is 12.1 Å². The van der Waals surface area contributed by atoms with Gasteiger partial charge >= 0.3 is 6.09 Å². The van der Waals surface area contributed by atoms with Crippen molar-refractivity contribution in [3.05, 3.63) is 22.8 Å². The minimum Gasteiger partial charge on any atom is -0.478 e. The molecule has 22 heavy (non-hydrogen) atoms. The summed E-state index contributed by atoms with van der Waals surface area (Å²) in [6, 6.07) is 4.15. The molecule has 1 amide bonds. The van der Waals surface area contributed by atoms with Crippen LogP contribution in [-0.4, -0.2) is 64.3 Å². The summed E-state index contributed by atoms with van der Waals surface area (Å²) >= 11 is 3.39. The molecule has 7 heteroatoms. The molecule has 6 nitrogen and oxygen atoms in total. The van der Waals surface area contributed by atoms with Crippen molar-refractivity contribution < 1.29 is 14.6 Å². The third kappa shape index (κ3) is 4.58. The Labute approximate surface area is 139 Å². The minimum atomic E-state index is -0.831. The van der Waals surface area contributed by atoms with Gasteiger partial charge in [-0.1, -0.05) is 15.9 Å². The molecule has 1 saturated heterocycles. The van der Waals surface area contributed by atoms with Crippen LogP contribution in [0.5, 0.6) is 5.88 Å². The van der Waals surface area contributed by atoms with E-state index in [0.717, 1.165) is 17.4 Å². The summed E-state index contributed by atoms with van der Waals surface area (Å²) in [5, 5.41) is 9.10. The molecule has 1 aliphatic rings. The van der Waals surface area contributed by atoms with Crippen molar-refractivity contribution in [2.24, 2.45) is 0 Å². The average molecular weight is 372 g/mol. The molecule has 1 N–H and O–H groups in total. The zero-order valence-electron chi connectivity index (χ0n) is 12.9. The van der Waals surface area contributed by atoms with Gasteiger partial charge in [0.05, 0.1) is 6.61 Å². The maximum atomic E-state index is 11.1. The summed E-state index contributed by atoms with van der Waals surface area (Å²) in [7, 11) is 0. The molecule has 0 spiro atoms. The van der Waals surface area contributed by atoms with Crippen LogP contribution in [0.1, 0.15) is 20.3 Å². The van der Waals surface area contributed by atoms with E-state index in [-0.39, 0.29) is 12.1 Å². The highest BCUT2D eigenvalue weighted by molar-refractivity contribution is 9.10. The zero-order valence-corrected chi connectivity index (χ0v) is 14.5. The van der Waals surface area contributed by atoms with Crippen LogP contribution in [0.2, 0.25) is 0 Å². The highest BCUT2D eigenvalue weighted by Gasteiger charge is 2.31. The lowest BCUT2D eigenvalue weighted by Crippen LogP contribution is -2.58. The lowest BCUT2D eigenvalue weighted by Gasteiger charge is -2.43. The maximum absolute atomic E-state index is 11.1. The van der Waals surface area contributed by atoms with Crippen molar-refractivity contribution in [3.63, 3.8) is 0 Å². The van der Waals surface area contributed by atoms with Gasteiger partial charge in [-0.2, -0.15) is 0 Å². The van der Waals surface area contributed by atoms with Gasteiger partial charge < -0.3 is 14.7 Å². The smallest absolute Gasteiger partial charge is 0.407 e. The number of carboxylic acid groups (broad SMARTS) is 1. The van der Waals surface area contributed by atoms with E-state index in [4.69, 9.17) is 9.84 Å². The zero-order chi connectivity index (χ0) is 16.1. The topological polar surface area (TPSA) is 65.9 Å². The van der Waals surface area contributed by atoms with E-state index in [0.29, 0.717) is 25.6 Å². The number of aromatic nitrogens is 1. The maximum Gasteiger partial charge on any atom is 0.407 e. The molecular weight excluding hydrogens is 350 g/mol. The third-order valence-electron chi connectivity index (χ3n) is 3.88. The van der Waals surface area contributed by atoms with Gasteiger partial charge in [0.15, 0.2) is 0 Å². The molecule has 0 aromatic carbocycles. The second-order valence-electron chi connectivity index (χ2n) is 5.64. The van der Waals surface area contributed by atoms with Crippen LogP contribution in [0.3, 0.4) is 0 Å². The number of hydrogen-bond donors (Lipinski definition) is 1. The number of carbonyl (C=O) groups is 1. The molecule has 0 bridgehead atoms. The van der Waals surface area contributed by atoms with Crippen LogP contribution in [0.15, 0.2) is 22.8 Å². The van der Waals surface area contributed by atoms with E-state index in [1.54, 1.807) is 6.20 Å². The van der Waals surface area contributed by atoms with Crippen molar-refractivity contribution in [2.45, 2.75) is 32.4 Å². The van der Waals surface area contributed by atoms with Gasteiger partial charge in [0.1, 0.15) is 0 Å². The van der Waals surface area contributed by atoms with Crippen molar-refractivity contribution in [2.75, 3.05) is 26.2 Å². The van der Waals surface area contributed by atoms with Gasteiger partial charge in [-0.15, -0.1) is 0 Å². The fourth-order valence-electron chi connectivity index (χ4n) is 2.84. The summed E-state index contributed by atoms with van der Waals surface area (Å²) in [4.78, 5) is 19.1. The highest BCUT2D eigenvalue weighted by Crippen LogP contribution is 2.17. The second kappa shape index (κ2) is 7.78. The number of rotatable bonds is 5. The Morgan fingerprint density at radius 1 is 1.45 bits per heavy atom. The normalized spacial score (nSPS) is 22.6. The van der Waals surface area contributed by atoms with Crippen molar-refractivity contribution in [1.29, 1.82) is 0 Å². The lowest BCUT2D eigenvalue weighted by atomic mass is 10.1. The Bertz CT molecular complexity index is 503. The minimum absolute atomic E-state index is 0.226. The molecule has 0 aliphatic carbocycles.